The Morgan fingerprint density at radius 1 is 1.26 bits per heavy atom. The van der Waals surface area contributed by atoms with Gasteiger partial charge in [-0.2, -0.15) is 0 Å². The van der Waals surface area contributed by atoms with Crippen LogP contribution in [-0.2, 0) is 4.79 Å². The average Bonchev–Trinajstić information content (AvgIpc) is 2.54. The van der Waals surface area contributed by atoms with E-state index in [1.54, 1.807) is 11.1 Å². The molecule has 0 aromatic carbocycles. The maximum atomic E-state index is 12.5. The molecule has 6 heteroatoms. The first-order valence-electron chi connectivity index (χ1n) is 8.26. The number of rotatable bonds is 4. The molecule has 1 aromatic heterocycles. The lowest BCUT2D eigenvalue weighted by Gasteiger charge is -2.32. The smallest absolute Gasteiger partial charge is 0.274 e. The van der Waals surface area contributed by atoms with E-state index in [0.717, 1.165) is 18.5 Å². The predicted molar refractivity (Wildman–Crippen MR) is 87.8 cm³/mol. The van der Waals surface area contributed by atoms with Crippen molar-refractivity contribution >= 4 is 11.8 Å². The second-order valence-corrected chi connectivity index (χ2v) is 6.67. The van der Waals surface area contributed by atoms with Crippen LogP contribution < -0.4 is 5.32 Å². The lowest BCUT2D eigenvalue weighted by Crippen LogP contribution is -2.48. The highest BCUT2D eigenvalue weighted by molar-refractivity contribution is 5.92. The second kappa shape index (κ2) is 7.53. The van der Waals surface area contributed by atoms with Gasteiger partial charge in [0.15, 0.2) is 0 Å². The van der Waals surface area contributed by atoms with Crippen LogP contribution >= 0.6 is 0 Å². The molecule has 0 bridgehead atoms. The maximum Gasteiger partial charge on any atom is 0.274 e. The molecule has 1 aliphatic heterocycles. The molecule has 1 aromatic rings. The largest absolute Gasteiger partial charge is 0.353 e. The second-order valence-electron chi connectivity index (χ2n) is 6.67. The van der Waals surface area contributed by atoms with Crippen LogP contribution in [0.4, 0.5) is 0 Å². The summed E-state index contributed by atoms with van der Waals surface area (Å²) in [5.41, 5.74) is 1.12. The summed E-state index contributed by atoms with van der Waals surface area (Å²) >= 11 is 0. The molecule has 2 unspecified atom stereocenters. The Morgan fingerprint density at radius 3 is 2.61 bits per heavy atom. The summed E-state index contributed by atoms with van der Waals surface area (Å²) in [5, 5.41) is 3.05. The summed E-state index contributed by atoms with van der Waals surface area (Å²) in [6.07, 6.45) is 4.74. The number of aromatic nitrogens is 2. The summed E-state index contributed by atoms with van der Waals surface area (Å²) in [6.45, 7) is 9.12. The Morgan fingerprint density at radius 2 is 2.00 bits per heavy atom. The van der Waals surface area contributed by atoms with Gasteiger partial charge in [-0.3, -0.25) is 14.6 Å². The number of hydrogen-bond donors (Lipinski definition) is 1. The van der Waals surface area contributed by atoms with Gasteiger partial charge in [0.2, 0.25) is 5.91 Å². The van der Waals surface area contributed by atoms with Crippen LogP contribution in [0.1, 0.15) is 49.8 Å². The molecule has 6 nitrogen and oxygen atoms in total. The number of nitrogens with zero attached hydrogens (tertiary/aromatic N) is 3. The molecule has 2 amide bonds. The molecule has 0 spiro atoms. The highest BCUT2D eigenvalue weighted by atomic mass is 16.2. The minimum Gasteiger partial charge on any atom is -0.353 e. The van der Waals surface area contributed by atoms with E-state index in [1.165, 1.54) is 6.20 Å². The molecule has 126 valence electrons. The van der Waals surface area contributed by atoms with E-state index < -0.39 is 0 Å². The third kappa shape index (κ3) is 4.50. The minimum atomic E-state index is -0.146. The first-order valence-corrected chi connectivity index (χ1v) is 8.26. The SMILES string of the molecule is Cc1cnc(C(=O)N2CCCC(C(=O)NC(C)C(C)C)C2)cn1. The molecule has 2 rings (SSSR count). The van der Waals surface area contributed by atoms with Crippen LogP contribution in [-0.4, -0.2) is 45.8 Å². The number of carbonyl (C=O) groups is 2. The zero-order valence-electron chi connectivity index (χ0n) is 14.4. The molecule has 0 radical (unpaired) electrons. The Kier molecular flexibility index (Phi) is 5.69. The number of carbonyl (C=O) groups excluding carboxylic acids is 2. The number of aryl methyl sites for hydroxylation is 1. The van der Waals surface area contributed by atoms with Crippen LogP contribution in [0, 0.1) is 18.8 Å². The fraction of sp³-hybridized carbons (Fsp3) is 0.647. The molecule has 2 atom stereocenters. The topological polar surface area (TPSA) is 75.2 Å². The summed E-state index contributed by atoms with van der Waals surface area (Å²) in [5.74, 6) is 0.140. The van der Waals surface area contributed by atoms with Gasteiger partial charge in [0, 0.05) is 25.3 Å². The third-order valence-electron chi connectivity index (χ3n) is 4.45. The van der Waals surface area contributed by atoms with Crippen LogP contribution in [0.3, 0.4) is 0 Å². The van der Waals surface area contributed by atoms with E-state index in [0.29, 0.717) is 24.7 Å². The van der Waals surface area contributed by atoms with Gasteiger partial charge in [-0.05, 0) is 32.6 Å². The standard InChI is InChI=1S/C17H26N4O2/c1-11(2)13(4)20-16(22)14-6-5-7-21(10-14)17(23)15-9-18-12(3)8-19-15/h8-9,11,13-14H,5-7,10H2,1-4H3,(H,20,22). The molecule has 1 N–H and O–H groups in total. The summed E-state index contributed by atoms with van der Waals surface area (Å²) in [6, 6.07) is 0.136. The molecular formula is C17H26N4O2. The zero-order chi connectivity index (χ0) is 17.0. The van der Waals surface area contributed by atoms with E-state index in [2.05, 4.69) is 29.1 Å². The highest BCUT2D eigenvalue weighted by Gasteiger charge is 2.30. The lowest BCUT2D eigenvalue weighted by atomic mass is 9.95. The predicted octanol–water partition coefficient (Wildman–Crippen LogP) is 1.80. The minimum absolute atomic E-state index is 0.0405. The monoisotopic (exact) mass is 318 g/mol. The Labute approximate surface area is 137 Å². The van der Waals surface area contributed by atoms with Gasteiger partial charge < -0.3 is 10.2 Å². The van der Waals surface area contributed by atoms with Crippen molar-refractivity contribution in [1.29, 1.82) is 0 Å². The number of amides is 2. The van der Waals surface area contributed by atoms with Crippen molar-refractivity contribution in [3.8, 4) is 0 Å². The fourth-order valence-corrected chi connectivity index (χ4v) is 2.55. The van der Waals surface area contributed by atoms with Crippen molar-refractivity contribution in [2.24, 2.45) is 11.8 Å². The number of likely N-dealkylation sites (tertiary alicyclic amines) is 1. The summed E-state index contributed by atoms with van der Waals surface area (Å²) in [7, 11) is 0. The van der Waals surface area contributed by atoms with E-state index in [9.17, 15) is 9.59 Å². The van der Waals surface area contributed by atoms with Crippen LogP contribution in [0.25, 0.3) is 0 Å². The Hall–Kier alpha value is -1.98. The Balaban J connectivity index is 1.98. The summed E-state index contributed by atoms with van der Waals surface area (Å²) in [4.78, 5) is 34.9. The molecule has 23 heavy (non-hydrogen) atoms. The quantitative estimate of drug-likeness (QED) is 0.918. The molecular weight excluding hydrogens is 292 g/mol. The zero-order valence-corrected chi connectivity index (χ0v) is 14.4. The fourth-order valence-electron chi connectivity index (χ4n) is 2.55. The number of nitrogens with one attached hydrogen (secondary N) is 1. The maximum absolute atomic E-state index is 12.5. The van der Waals surface area contributed by atoms with E-state index in [1.807, 2.05) is 13.8 Å². The molecule has 0 saturated carbocycles. The number of hydrogen-bond acceptors (Lipinski definition) is 4. The normalized spacial score (nSPS) is 19.5. The molecule has 0 aliphatic carbocycles. The summed E-state index contributed by atoms with van der Waals surface area (Å²) < 4.78 is 0. The van der Waals surface area contributed by atoms with Crippen LogP contribution in [0.2, 0.25) is 0 Å². The molecule has 2 heterocycles. The van der Waals surface area contributed by atoms with Gasteiger partial charge in [-0.25, -0.2) is 4.98 Å². The van der Waals surface area contributed by atoms with E-state index in [-0.39, 0.29) is 23.8 Å². The molecule has 1 aliphatic rings. The van der Waals surface area contributed by atoms with Crippen molar-refractivity contribution in [1.82, 2.24) is 20.2 Å². The third-order valence-corrected chi connectivity index (χ3v) is 4.45. The lowest BCUT2D eigenvalue weighted by molar-refractivity contribution is -0.127. The number of piperidine rings is 1. The molecule has 1 saturated heterocycles. The van der Waals surface area contributed by atoms with Gasteiger partial charge in [-0.15, -0.1) is 0 Å². The first kappa shape index (κ1) is 17.4. The Bertz CT molecular complexity index is 556. The van der Waals surface area contributed by atoms with Crippen molar-refractivity contribution in [2.45, 2.75) is 46.6 Å². The van der Waals surface area contributed by atoms with Gasteiger partial charge in [0.05, 0.1) is 17.8 Å². The van der Waals surface area contributed by atoms with Gasteiger partial charge in [-0.1, -0.05) is 13.8 Å². The van der Waals surface area contributed by atoms with Crippen molar-refractivity contribution in [3.63, 3.8) is 0 Å². The van der Waals surface area contributed by atoms with E-state index >= 15 is 0 Å². The van der Waals surface area contributed by atoms with Gasteiger partial charge in [0.25, 0.3) is 5.91 Å². The van der Waals surface area contributed by atoms with Crippen molar-refractivity contribution in [2.75, 3.05) is 13.1 Å². The van der Waals surface area contributed by atoms with Gasteiger partial charge in [0.1, 0.15) is 5.69 Å². The first-order chi connectivity index (χ1) is 10.9. The van der Waals surface area contributed by atoms with Gasteiger partial charge >= 0.3 is 0 Å². The van der Waals surface area contributed by atoms with E-state index in [4.69, 9.17) is 0 Å². The average molecular weight is 318 g/mol. The highest BCUT2D eigenvalue weighted by Crippen LogP contribution is 2.19. The van der Waals surface area contributed by atoms with Crippen molar-refractivity contribution in [3.05, 3.63) is 23.8 Å². The van der Waals surface area contributed by atoms with Crippen LogP contribution in [0.5, 0.6) is 0 Å². The van der Waals surface area contributed by atoms with Crippen molar-refractivity contribution < 1.29 is 9.59 Å². The molecule has 1 fully saturated rings. The van der Waals surface area contributed by atoms with Crippen LogP contribution in [0.15, 0.2) is 12.4 Å².